The van der Waals surface area contributed by atoms with Crippen molar-refractivity contribution in [2.45, 2.75) is 26.2 Å². The van der Waals surface area contributed by atoms with Gasteiger partial charge in [-0.3, -0.25) is 0 Å². The van der Waals surface area contributed by atoms with Crippen LogP contribution in [0.15, 0.2) is 36.9 Å². The molecule has 0 aliphatic rings. The summed E-state index contributed by atoms with van der Waals surface area (Å²) in [7, 11) is 0. The highest BCUT2D eigenvalue weighted by Gasteiger charge is 1.94. The molecule has 0 spiro atoms. The fourth-order valence-electron chi connectivity index (χ4n) is 1.29. The lowest BCUT2D eigenvalue weighted by Gasteiger charge is -2.04. The van der Waals surface area contributed by atoms with Gasteiger partial charge in [-0.15, -0.1) is 0 Å². The molecule has 0 amide bonds. The first-order chi connectivity index (χ1) is 6.86. The monoisotopic (exact) mass is 190 g/mol. The fourth-order valence-corrected chi connectivity index (χ4v) is 1.29. The van der Waals surface area contributed by atoms with Crippen molar-refractivity contribution in [3.05, 3.63) is 42.5 Å². The minimum absolute atomic E-state index is 0.578. The summed E-state index contributed by atoms with van der Waals surface area (Å²) in [6, 6.07) is 8.31. The summed E-state index contributed by atoms with van der Waals surface area (Å²) in [5.74, 6) is 0.921. The van der Waals surface area contributed by atoms with Crippen molar-refractivity contribution in [2.75, 3.05) is 6.61 Å². The molecule has 1 aromatic carbocycles. The maximum absolute atomic E-state index is 5.40. The molecule has 0 atom stereocenters. The number of aryl methyl sites for hydroxylation is 1. The Morgan fingerprint density at radius 1 is 1.29 bits per heavy atom. The van der Waals surface area contributed by atoms with E-state index in [1.807, 2.05) is 12.1 Å². The van der Waals surface area contributed by atoms with E-state index in [9.17, 15) is 0 Å². The number of hydrogen-bond donors (Lipinski definition) is 0. The van der Waals surface area contributed by atoms with Gasteiger partial charge in [-0.25, -0.2) is 0 Å². The Bertz CT molecular complexity index is 261. The van der Waals surface area contributed by atoms with Gasteiger partial charge in [0.1, 0.15) is 12.4 Å². The summed E-state index contributed by atoms with van der Waals surface area (Å²) in [5, 5.41) is 0. The average Bonchev–Trinajstić information content (AvgIpc) is 2.25. The molecular weight excluding hydrogens is 172 g/mol. The van der Waals surface area contributed by atoms with Crippen LogP contribution in [0.4, 0.5) is 0 Å². The molecule has 0 saturated carbocycles. The molecule has 0 N–H and O–H groups in total. The highest BCUT2D eigenvalue weighted by molar-refractivity contribution is 5.27. The van der Waals surface area contributed by atoms with Crippen LogP contribution in [0.5, 0.6) is 5.75 Å². The van der Waals surface area contributed by atoms with Crippen molar-refractivity contribution in [3.8, 4) is 5.75 Å². The van der Waals surface area contributed by atoms with E-state index in [1.165, 1.54) is 18.4 Å². The Morgan fingerprint density at radius 2 is 2.00 bits per heavy atom. The van der Waals surface area contributed by atoms with Crippen LogP contribution in [0.25, 0.3) is 0 Å². The van der Waals surface area contributed by atoms with Crippen LogP contribution in [0.1, 0.15) is 25.3 Å². The van der Waals surface area contributed by atoms with Gasteiger partial charge in [0.2, 0.25) is 0 Å². The molecule has 1 rings (SSSR count). The van der Waals surface area contributed by atoms with Crippen LogP contribution in [-0.4, -0.2) is 6.61 Å². The smallest absolute Gasteiger partial charge is 0.119 e. The molecule has 0 aromatic heterocycles. The maximum atomic E-state index is 5.40. The van der Waals surface area contributed by atoms with E-state index in [0.717, 1.165) is 12.2 Å². The zero-order chi connectivity index (χ0) is 10.2. The van der Waals surface area contributed by atoms with Gasteiger partial charge in [0.05, 0.1) is 0 Å². The van der Waals surface area contributed by atoms with Crippen molar-refractivity contribution in [2.24, 2.45) is 0 Å². The standard InChI is InChI=1S/C13H18O/c1-3-5-6-12-7-9-13(10-8-12)14-11-4-2/h4,7-10H,2-3,5-6,11H2,1H3. The number of benzene rings is 1. The summed E-state index contributed by atoms with van der Waals surface area (Å²) in [6.07, 6.45) is 5.42. The average molecular weight is 190 g/mol. The first kappa shape index (κ1) is 10.8. The Labute approximate surface area is 86.4 Å². The predicted octanol–water partition coefficient (Wildman–Crippen LogP) is 3.59. The SMILES string of the molecule is C=CCOc1ccc(CCCC)cc1. The lowest BCUT2D eigenvalue weighted by Crippen LogP contribution is -1.92. The molecule has 1 aromatic rings. The van der Waals surface area contributed by atoms with Crippen molar-refractivity contribution >= 4 is 0 Å². The van der Waals surface area contributed by atoms with Crippen LogP contribution in [0.2, 0.25) is 0 Å². The summed E-state index contributed by atoms with van der Waals surface area (Å²) >= 11 is 0. The molecule has 0 bridgehead atoms. The quantitative estimate of drug-likeness (QED) is 0.623. The Morgan fingerprint density at radius 3 is 2.57 bits per heavy atom. The van der Waals surface area contributed by atoms with Crippen LogP contribution < -0.4 is 4.74 Å². The second-order valence-corrected chi connectivity index (χ2v) is 3.35. The Hall–Kier alpha value is -1.24. The second-order valence-electron chi connectivity index (χ2n) is 3.35. The maximum Gasteiger partial charge on any atom is 0.119 e. The van der Waals surface area contributed by atoms with Gasteiger partial charge in [0.25, 0.3) is 0 Å². The topological polar surface area (TPSA) is 9.23 Å². The third-order valence-electron chi connectivity index (χ3n) is 2.11. The first-order valence-electron chi connectivity index (χ1n) is 5.19. The zero-order valence-electron chi connectivity index (χ0n) is 8.83. The first-order valence-corrected chi connectivity index (χ1v) is 5.19. The number of rotatable bonds is 6. The molecule has 1 nitrogen and oxygen atoms in total. The van der Waals surface area contributed by atoms with Crippen LogP contribution >= 0.6 is 0 Å². The van der Waals surface area contributed by atoms with E-state index in [-0.39, 0.29) is 0 Å². The summed E-state index contributed by atoms with van der Waals surface area (Å²) < 4.78 is 5.40. The molecule has 0 radical (unpaired) electrons. The van der Waals surface area contributed by atoms with Gasteiger partial charge < -0.3 is 4.74 Å². The normalized spacial score (nSPS) is 9.79. The largest absolute Gasteiger partial charge is 0.490 e. The van der Waals surface area contributed by atoms with Crippen molar-refractivity contribution < 1.29 is 4.74 Å². The minimum atomic E-state index is 0.578. The molecule has 14 heavy (non-hydrogen) atoms. The molecule has 1 heteroatoms. The third kappa shape index (κ3) is 3.65. The summed E-state index contributed by atoms with van der Waals surface area (Å²) in [4.78, 5) is 0. The van der Waals surface area contributed by atoms with E-state index in [4.69, 9.17) is 4.74 Å². The zero-order valence-corrected chi connectivity index (χ0v) is 8.83. The molecule has 0 aliphatic carbocycles. The van der Waals surface area contributed by atoms with E-state index in [0.29, 0.717) is 6.61 Å². The van der Waals surface area contributed by atoms with Crippen LogP contribution in [-0.2, 0) is 6.42 Å². The van der Waals surface area contributed by atoms with Gasteiger partial charge in [0.15, 0.2) is 0 Å². The van der Waals surface area contributed by atoms with Gasteiger partial charge in [0, 0.05) is 0 Å². The van der Waals surface area contributed by atoms with Gasteiger partial charge >= 0.3 is 0 Å². The molecule has 76 valence electrons. The number of hydrogen-bond acceptors (Lipinski definition) is 1. The highest BCUT2D eigenvalue weighted by Crippen LogP contribution is 2.13. The lowest BCUT2D eigenvalue weighted by molar-refractivity contribution is 0.363. The predicted molar refractivity (Wildman–Crippen MR) is 60.7 cm³/mol. The van der Waals surface area contributed by atoms with Crippen molar-refractivity contribution in [3.63, 3.8) is 0 Å². The van der Waals surface area contributed by atoms with E-state index in [2.05, 4.69) is 25.6 Å². The third-order valence-corrected chi connectivity index (χ3v) is 2.11. The molecule has 0 heterocycles. The number of ether oxygens (including phenoxy) is 1. The van der Waals surface area contributed by atoms with E-state index >= 15 is 0 Å². The molecule has 0 aliphatic heterocycles. The van der Waals surface area contributed by atoms with Crippen molar-refractivity contribution in [1.29, 1.82) is 0 Å². The highest BCUT2D eigenvalue weighted by atomic mass is 16.5. The summed E-state index contributed by atoms with van der Waals surface area (Å²) in [6.45, 7) is 6.40. The van der Waals surface area contributed by atoms with Gasteiger partial charge in [-0.2, -0.15) is 0 Å². The molecule has 0 unspecified atom stereocenters. The minimum Gasteiger partial charge on any atom is -0.490 e. The second kappa shape index (κ2) is 6.25. The Kier molecular flexibility index (Phi) is 4.84. The van der Waals surface area contributed by atoms with Gasteiger partial charge in [-0.1, -0.05) is 38.1 Å². The van der Waals surface area contributed by atoms with E-state index in [1.54, 1.807) is 6.08 Å². The fraction of sp³-hybridized carbons (Fsp3) is 0.385. The van der Waals surface area contributed by atoms with Gasteiger partial charge in [-0.05, 0) is 30.5 Å². The Balaban J connectivity index is 2.46. The van der Waals surface area contributed by atoms with Crippen LogP contribution in [0.3, 0.4) is 0 Å². The summed E-state index contributed by atoms with van der Waals surface area (Å²) in [5.41, 5.74) is 1.39. The molecular formula is C13H18O. The molecule has 0 saturated heterocycles. The number of unbranched alkanes of at least 4 members (excludes halogenated alkanes) is 1. The van der Waals surface area contributed by atoms with E-state index < -0.39 is 0 Å². The lowest BCUT2D eigenvalue weighted by atomic mass is 10.1. The van der Waals surface area contributed by atoms with Crippen molar-refractivity contribution in [1.82, 2.24) is 0 Å². The molecule has 0 fully saturated rings. The van der Waals surface area contributed by atoms with Crippen LogP contribution in [0, 0.1) is 0 Å².